The maximum absolute atomic E-state index is 3.25. The highest BCUT2D eigenvalue weighted by Gasteiger charge is 2.10. The highest BCUT2D eigenvalue weighted by atomic mass is 79.9. The van der Waals surface area contributed by atoms with E-state index >= 15 is 0 Å². The van der Waals surface area contributed by atoms with Crippen molar-refractivity contribution in [1.29, 1.82) is 0 Å². The van der Waals surface area contributed by atoms with Crippen molar-refractivity contribution >= 4 is 0 Å². The molecule has 0 saturated carbocycles. The van der Waals surface area contributed by atoms with Crippen LogP contribution in [0.5, 0.6) is 0 Å². The Morgan fingerprint density at radius 2 is 1.05 bits per heavy atom. The summed E-state index contributed by atoms with van der Waals surface area (Å²) in [4.78, 5) is 0. The molecule has 0 aromatic heterocycles. The molecule has 22 heavy (non-hydrogen) atoms. The molecule has 0 aliphatic heterocycles. The van der Waals surface area contributed by atoms with Gasteiger partial charge >= 0.3 is 0 Å². The van der Waals surface area contributed by atoms with Gasteiger partial charge in [0.25, 0.3) is 0 Å². The molecule has 0 atom stereocenters. The minimum atomic E-state index is 0. The minimum absolute atomic E-state index is 0. The lowest BCUT2D eigenvalue weighted by molar-refractivity contribution is -0.875. The van der Waals surface area contributed by atoms with Crippen LogP contribution in [-0.2, 0) is 0 Å². The molecule has 0 amide bonds. The van der Waals surface area contributed by atoms with E-state index in [0.29, 0.717) is 0 Å². The van der Waals surface area contributed by atoms with E-state index in [0.717, 1.165) is 28.7 Å². The van der Waals surface area contributed by atoms with Gasteiger partial charge in [-0.2, -0.15) is 0 Å². The Hall–Kier alpha value is -2.00. The van der Waals surface area contributed by atoms with Crippen molar-refractivity contribution in [2.75, 3.05) is 27.2 Å². The third-order valence-corrected chi connectivity index (χ3v) is 3.03. The zero-order chi connectivity index (χ0) is 15.0. The van der Waals surface area contributed by atoms with Gasteiger partial charge in [0.1, 0.15) is 13.1 Å². The number of nitrogens with zero attached hydrogens (tertiary/aromatic N) is 1. The number of hydrogen-bond donors (Lipinski definition) is 0. The summed E-state index contributed by atoms with van der Waals surface area (Å²) >= 11 is 0. The van der Waals surface area contributed by atoms with Crippen molar-refractivity contribution < 1.29 is 21.5 Å². The molecule has 112 valence electrons. The van der Waals surface area contributed by atoms with E-state index in [1.165, 1.54) is 0 Å². The highest BCUT2D eigenvalue weighted by molar-refractivity contribution is 5.34. The average Bonchev–Trinajstić information content (AvgIpc) is 2.49. The molecule has 0 aliphatic rings. The number of rotatable bonds is 2. The summed E-state index contributed by atoms with van der Waals surface area (Å²) in [5.74, 6) is 12.9. The van der Waals surface area contributed by atoms with Crippen LogP contribution in [0.3, 0.4) is 0 Å². The number of hydrogen-bond acceptors (Lipinski definition) is 0. The van der Waals surface area contributed by atoms with Crippen LogP contribution in [0.2, 0.25) is 0 Å². The maximum atomic E-state index is 3.25. The fraction of sp³-hybridized carbons (Fsp3) is 0.200. The molecule has 0 N–H and O–H groups in total. The van der Waals surface area contributed by atoms with Gasteiger partial charge in [-0.05, 0) is 36.1 Å². The van der Waals surface area contributed by atoms with Crippen molar-refractivity contribution in [3.05, 3.63) is 71.8 Å². The van der Waals surface area contributed by atoms with E-state index in [1.807, 2.05) is 60.7 Å². The molecule has 0 heterocycles. The Morgan fingerprint density at radius 3 is 1.41 bits per heavy atom. The van der Waals surface area contributed by atoms with E-state index in [-0.39, 0.29) is 17.0 Å². The van der Waals surface area contributed by atoms with E-state index in [4.69, 9.17) is 0 Å². The molecule has 0 fully saturated rings. The number of benzene rings is 2. The summed E-state index contributed by atoms with van der Waals surface area (Å²) in [6.45, 7) is 1.58. The smallest absolute Gasteiger partial charge is 0.141 e. The van der Waals surface area contributed by atoms with Gasteiger partial charge in [0.15, 0.2) is 0 Å². The highest BCUT2D eigenvalue weighted by Crippen LogP contribution is 1.98. The quantitative estimate of drug-likeness (QED) is 0.533. The van der Waals surface area contributed by atoms with Crippen LogP contribution in [0.1, 0.15) is 11.1 Å². The molecule has 0 unspecified atom stereocenters. The van der Waals surface area contributed by atoms with E-state index in [2.05, 4.69) is 37.8 Å². The fourth-order valence-corrected chi connectivity index (χ4v) is 1.81. The third-order valence-electron chi connectivity index (χ3n) is 3.03. The Labute approximate surface area is 144 Å². The van der Waals surface area contributed by atoms with Crippen LogP contribution in [0, 0.1) is 23.7 Å². The first kappa shape index (κ1) is 18.1. The molecule has 2 aromatic rings. The summed E-state index contributed by atoms with van der Waals surface area (Å²) in [7, 11) is 4.30. The summed E-state index contributed by atoms with van der Waals surface area (Å²) in [5.41, 5.74) is 2.13. The molecule has 2 aromatic carbocycles. The predicted molar refractivity (Wildman–Crippen MR) is 88.5 cm³/mol. The molecular formula is C20H20BrN. The monoisotopic (exact) mass is 353 g/mol. The predicted octanol–water partition coefficient (Wildman–Crippen LogP) is 0.170. The van der Waals surface area contributed by atoms with Crippen LogP contribution in [0.25, 0.3) is 0 Å². The lowest BCUT2D eigenvalue weighted by atomic mass is 10.2. The summed E-state index contributed by atoms with van der Waals surface area (Å²) in [5, 5.41) is 0. The molecule has 0 bridgehead atoms. The molecule has 1 nitrogen and oxygen atoms in total. The van der Waals surface area contributed by atoms with E-state index < -0.39 is 0 Å². The van der Waals surface area contributed by atoms with Crippen molar-refractivity contribution in [3.63, 3.8) is 0 Å². The first-order valence-electron chi connectivity index (χ1n) is 7.06. The van der Waals surface area contributed by atoms with Crippen molar-refractivity contribution in [3.8, 4) is 23.7 Å². The molecule has 0 radical (unpaired) electrons. The summed E-state index contributed by atoms with van der Waals surface area (Å²) < 4.78 is 0.777. The minimum Gasteiger partial charge on any atom is -1.00 e. The topological polar surface area (TPSA) is 0 Å². The van der Waals surface area contributed by atoms with Crippen LogP contribution in [-0.4, -0.2) is 31.7 Å². The van der Waals surface area contributed by atoms with Gasteiger partial charge < -0.3 is 21.5 Å². The molecular weight excluding hydrogens is 334 g/mol. The van der Waals surface area contributed by atoms with Gasteiger partial charge in [-0.25, -0.2) is 0 Å². The average molecular weight is 354 g/mol. The van der Waals surface area contributed by atoms with Gasteiger partial charge in [0, 0.05) is 11.1 Å². The molecule has 2 heteroatoms. The standard InChI is InChI=1S/C20H20N.BrH/c1-21(2,17-9-15-19-11-5-3-6-12-19)18-10-16-20-13-7-4-8-14-20;/h3-8,11-14H,17-18H2,1-2H3;1H/q+1;/p-1. The second-order valence-electron chi connectivity index (χ2n) is 5.59. The largest absolute Gasteiger partial charge is 1.00 e. The number of quaternary nitrogens is 1. The first-order chi connectivity index (χ1) is 10.2. The van der Waals surface area contributed by atoms with Crippen molar-refractivity contribution in [2.24, 2.45) is 0 Å². The fourth-order valence-electron chi connectivity index (χ4n) is 1.81. The molecule has 2 rings (SSSR count). The number of halogens is 1. The lowest BCUT2D eigenvalue weighted by Crippen LogP contribution is -3.00. The first-order valence-corrected chi connectivity index (χ1v) is 7.06. The summed E-state index contributed by atoms with van der Waals surface area (Å²) in [6, 6.07) is 20.2. The second-order valence-corrected chi connectivity index (χ2v) is 5.59. The SMILES string of the molecule is C[N+](C)(CC#Cc1ccccc1)CC#Cc1ccccc1.[Br-]. The Morgan fingerprint density at radius 1 is 0.682 bits per heavy atom. The summed E-state index contributed by atoms with van der Waals surface area (Å²) in [6.07, 6.45) is 0. The third kappa shape index (κ3) is 6.64. The van der Waals surface area contributed by atoms with Crippen LogP contribution < -0.4 is 17.0 Å². The lowest BCUT2D eigenvalue weighted by Gasteiger charge is -2.24. The Bertz CT molecular complexity index is 621. The van der Waals surface area contributed by atoms with Crippen LogP contribution in [0.4, 0.5) is 0 Å². The zero-order valence-corrected chi connectivity index (χ0v) is 14.6. The maximum Gasteiger partial charge on any atom is 0.141 e. The van der Waals surface area contributed by atoms with Crippen LogP contribution in [0.15, 0.2) is 60.7 Å². The van der Waals surface area contributed by atoms with E-state index in [9.17, 15) is 0 Å². The molecule has 0 aliphatic carbocycles. The van der Waals surface area contributed by atoms with Gasteiger partial charge in [-0.15, -0.1) is 0 Å². The van der Waals surface area contributed by atoms with Gasteiger partial charge in [0.2, 0.25) is 0 Å². The van der Waals surface area contributed by atoms with Crippen LogP contribution >= 0.6 is 0 Å². The van der Waals surface area contributed by atoms with Crippen molar-refractivity contribution in [2.45, 2.75) is 0 Å². The molecule has 0 spiro atoms. The van der Waals surface area contributed by atoms with Crippen molar-refractivity contribution in [1.82, 2.24) is 0 Å². The van der Waals surface area contributed by atoms with E-state index in [1.54, 1.807) is 0 Å². The van der Waals surface area contributed by atoms with Gasteiger partial charge in [0.05, 0.1) is 14.1 Å². The Balaban J connectivity index is 0.00000242. The van der Waals surface area contributed by atoms with Gasteiger partial charge in [-0.1, -0.05) is 48.2 Å². The molecule has 0 saturated heterocycles. The second kappa shape index (κ2) is 9.11. The van der Waals surface area contributed by atoms with Gasteiger partial charge in [-0.3, -0.25) is 0 Å². The Kier molecular flexibility index (Phi) is 7.47. The normalized spacial score (nSPS) is 9.55. The zero-order valence-electron chi connectivity index (χ0n) is 13.0.